The Bertz CT molecular complexity index is 1550. The van der Waals surface area contributed by atoms with Crippen molar-refractivity contribution in [3.05, 3.63) is 0 Å². The van der Waals surface area contributed by atoms with Gasteiger partial charge in [0, 0.05) is 20.8 Å². The lowest BCUT2D eigenvalue weighted by molar-refractivity contribution is -0.367. The van der Waals surface area contributed by atoms with E-state index in [1.807, 2.05) is 0 Å². The highest BCUT2D eigenvalue weighted by Gasteiger charge is 2.56. The zero-order valence-electron chi connectivity index (χ0n) is 35.1. The molecule has 5 saturated heterocycles. The normalized spacial score (nSPS) is 47.1. The first-order valence-electron chi connectivity index (χ1n) is 20.6. The topological polar surface area (TPSA) is 454 Å². The van der Waals surface area contributed by atoms with E-state index in [2.05, 4.69) is 16.0 Å². The summed E-state index contributed by atoms with van der Waals surface area (Å²) in [6.45, 7) is -1.11. The molecule has 0 unspecified atom stereocenters. The molecule has 65 heavy (non-hydrogen) atoms. The number of carbonyl (C=O) groups excluding carboxylic acids is 3. The highest BCUT2D eigenvalue weighted by Crippen LogP contribution is 2.34. The van der Waals surface area contributed by atoms with Crippen LogP contribution in [0.5, 0.6) is 0 Å². The maximum atomic E-state index is 12.3. The molecule has 17 N–H and O–H groups in total. The molecule has 0 aromatic rings. The summed E-state index contributed by atoms with van der Waals surface area (Å²) in [5.41, 5.74) is 0. The molecular weight excluding hydrogens is 890 g/mol. The smallest absolute Gasteiger partial charge is 0.217 e. The van der Waals surface area contributed by atoms with E-state index in [1.54, 1.807) is 0 Å². The molecular formula is C36H61N3O26. The number of hydrogen-bond acceptors (Lipinski definition) is 26. The van der Waals surface area contributed by atoms with Crippen LogP contribution in [0.2, 0.25) is 0 Å². The largest absolute Gasteiger partial charge is 0.394 e. The van der Waals surface area contributed by atoms with Gasteiger partial charge in [-0.2, -0.15) is 0 Å². The van der Waals surface area contributed by atoms with Gasteiger partial charge in [0.05, 0.1) is 33.0 Å². The van der Waals surface area contributed by atoms with Crippen LogP contribution in [0.1, 0.15) is 20.8 Å². The lowest BCUT2D eigenvalue weighted by Crippen LogP contribution is -2.69. The van der Waals surface area contributed by atoms with Gasteiger partial charge in [-0.3, -0.25) is 14.4 Å². The fourth-order valence-electron chi connectivity index (χ4n) is 8.14. The van der Waals surface area contributed by atoms with Crippen LogP contribution in [0.15, 0.2) is 0 Å². The molecule has 5 fully saturated rings. The summed E-state index contributed by atoms with van der Waals surface area (Å²) in [4.78, 5) is 36.4. The first-order chi connectivity index (χ1) is 30.7. The average Bonchev–Trinajstić information content (AvgIpc) is 3.26. The van der Waals surface area contributed by atoms with E-state index in [4.69, 9.17) is 42.6 Å². The SMILES string of the molecule is CC(=O)N[C@@H]1[C@@H](O[C@@H]2O[C@H](CO)[C@H](O[C@H]3O[C@H](CO)[C@@H](O)[C@H](O)[C@H]3NC(C)=O)[C@H](O)[C@H]2O)[C@@H](O)[C@@H](CO[C@@H]2O[C@H](CO)[C@@H](O[C@@H]3O[C@H](CO)[C@H](O)[C@H](O)[C@H]3O)[C@H](O)[C@H]2NC(C)=O)O[C@H]1O. The molecule has 376 valence electrons. The fourth-order valence-corrected chi connectivity index (χ4v) is 8.14. The van der Waals surface area contributed by atoms with E-state index in [0.717, 1.165) is 20.8 Å². The van der Waals surface area contributed by atoms with Crippen molar-refractivity contribution in [3.8, 4) is 0 Å². The maximum absolute atomic E-state index is 12.3. The molecule has 0 saturated carbocycles. The number of aliphatic hydroxyl groups is 14. The number of amides is 3. The first-order valence-corrected chi connectivity index (χ1v) is 20.6. The Morgan fingerprint density at radius 2 is 0.800 bits per heavy atom. The maximum Gasteiger partial charge on any atom is 0.217 e. The van der Waals surface area contributed by atoms with Crippen molar-refractivity contribution in [2.24, 2.45) is 0 Å². The Morgan fingerprint density at radius 1 is 0.400 bits per heavy atom. The summed E-state index contributed by atoms with van der Waals surface area (Å²) >= 11 is 0. The molecule has 29 heteroatoms. The summed E-state index contributed by atoms with van der Waals surface area (Å²) in [6, 6.07) is -4.70. The van der Waals surface area contributed by atoms with Crippen LogP contribution in [0.4, 0.5) is 0 Å². The quantitative estimate of drug-likeness (QED) is 0.0683. The second-order valence-electron chi connectivity index (χ2n) is 16.2. The predicted octanol–water partition coefficient (Wildman–Crippen LogP) is -11.5. The van der Waals surface area contributed by atoms with Crippen LogP contribution >= 0.6 is 0 Å². The van der Waals surface area contributed by atoms with E-state index in [-0.39, 0.29) is 0 Å². The summed E-state index contributed by atoms with van der Waals surface area (Å²) in [6.07, 6.45) is -39.1. The van der Waals surface area contributed by atoms with Crippen LogP contribution in [0.3, 0.4) is 0 Å². The third-order valence-corrected chi connectivity index (χ3v) is 11.5. The molecule has 3 amide bonds. The molecule has 5 aliphatic heterocycles. The molecule has 0 bridgehead atoms. The average molecular weight is 952 g/mol. The van der Waals surface area contributed by atoms with E-state index in [0.29, 0.717) is 0 Å². The van der Waals surface area contributed by atoms with E-state index >= 15 is 0 Å². The molecule has 25 atom stereocenters. The van der Waals surface area contributed by atoms with Gasteiger partial charge in [0.1, 0.15) is 122 Å². The second-order valence-corrected chi connectivity index (χ2v) is 16.2. The van der Waals surface area contributed by atoms with Crippen LogP contribution in [-0.2, 0) is 57.0 Å². The predicted molar refractivity (Wildman–Crippen MR) is 201 cm³/mol. The third-order valence-electron chi connectivity index (χ3n) is 11.5. The van der Waals surface area contributed by atoms with Crippen molar-refractivity contribution in [2.45, 2.75) is 174 Å². The second kappa shape index (κ2) is 23.2. The standard InChI is InChI=1S/C36H61N3O26/c1-9(44)37-17-23(50)20(47)12(4-40)59-34(17)63-30-15(7-43)62-36(28(55)26(30)53)65-31-19(39-11(3)46)32(56)58-16(22(31)49)8-57-33-18(38-10(2)45)24(51)29(14(6-42)61-33)64-35-27(54)25(52)21(48)13(5-41)60-35/h12-36,40-43,47-56H,4-8H2,1-3H3,(H,37,44)(H,38,45)(H,39,46)/t12-,13-,14-,15-,16-,17-,18-,19-,20-,21+,22+,23-,24-,25+,26-,27-,28-,29-,30+,31-,32-,33-,34-,35+,36+/m1/s1. The van der Waals surface area contributed by atoms with Crippen LogP contribution in [0.25, 0.3) is 0 Å². The number of rotatable bonds is 16. The highest BCUT2D eigenvalue weighted by molar-refractivity contribution is 5.74. The summed E-state index contributed by atoms with van der Waals surface area (Å²) in [5.74, 6) is -2.22. The Labute approximate surface area is 369 Å². The van der Waals surface area contributed by atoms with Gasteiger partial charge in [0.25, 0.3) is 0 Å². The van der Waals surface area contributed by atoms with Crippen molar-refractivity contribution in [3.63, 3.8) is 0 Å². The lowest BCUT2D eigenvalue weighted by Gasteiger charge is -2.49. The minimum Gasteiger partial charge on any atom is -0.394 e. The molecule has 5 rings (SSSR count). The zero-order chi connectivity index (χ0) is 48.2. The van der Waals surface area contributed by atoms with Crippen molar-refractivity contribution >= 4 is 17.7 Å². The summed E-state index contributed by atoms with van der Waals surface area (Å²) in [5, 5.41) is 155. The number of nitrogens with one attached hydrogen (secondary N) is 3. The minimum atomic E-state index is -2.13. The minimum absolute atomic E-state index is 0.706. The first kappa shape index (κ1) is 53.4. The molecule has 5 heterocycles. The van der Waals surface area contributed by atoms with Crippen molar-refractivity contribution < 1.29 is 129 Å². The van der Waals surface area contributed by atoms with Gasteiger partial charge >= 0.3 is 0 Å². The summed E-state index contributed by atoms with van der Waals surface area (Å²) in [7, 11) is 0. The molecule has 0 aliphatic carbocycles. The van der Waals surface area contributed by atoms with Gasteiger partial charge in [-0.1, -0.05) is 0 Å². The van der Waals surface area contributed by atoms with E-state index < -0.39 is 204 Å². The summed E-state index contributed by atoms with van der Waals surface area (Å²) < 4.78 is 51.1. The molecule has 0 radical (unpaired) electrons. The number of hydrogen-bond donors (Lipinski definition) is 17. The molecule has 0 aromatic heterocycles. The van der Waals surface area contributed by atoms with Crippen molar-refractivity contribution in [1.29, 1.82) is 0 Å². The van der Waals surface area contributed by atoms with E-state index in [9.17, 15) is 85.9 Å². The number of aliphatic hydroxyl groups excluding tert-OH is 14. The van der Waals surface area contributed by atoms with Crippen LogP contribution < -0.4 is 16.0 Å². The Kier molecular flexibility index (Phi) is 19.1. The number of carbonyl (C=O) groups is 3. The van der Waals surface area contributed by atoms with Gasteiger partial charge in [-0.05, 0) is 0 Å². The van der Waals surface area contributed by atoms with E-state index in [1.165, 1.54) is 0 Å². The van der Waals surface area contributed by atoms with Gasteiger partial charge in [-0.15, -0.1) is 0 Å². The van der Waals surface area contributed by atoms with Gasteiger partial charge in [0.2, 0.25) is 17.7 Å². The van der Waals surface area contributed by atoms with Crippen molar-refractivity contribution in [2.75, 3.05) is 33.0 Å². The highest BCUT2D eigenvalue weighted by atomic mass is 16.8. The lowest BCUT2D eigenvalue weighted by atomic mass is 9.94. The molecule has 0 aromatic carbocycles. The Balaban J connectivity index is 1.31. The Morgan fingerprint density at radius 3 is 1.32 bits per heavy atom. The molecule has 5 aliphatic rings. The third kappa shape index (κ3) is 12.0. The fraction of sp³-hybridized carbons (Fsp3) is 0.917. The van der Waals surface area contributed by atoms with Gasteiger partial charge in [-0.25, -0.2) is 0 Å². The Hall–Kier alpha value is -2.51. The van der Waals surface area contributed by atoms with Crippen LogP contribution in [-0.4, -0.2) is 276 Å². The number of ether oxygens (including phenoxy) is 9. The van der Waals surface area contributed by atoms with Gasteiger partial charge in [0.15, 0.2) is 31.5 Å². The van der Waals surface area contributed by atoms with Crippen LogP contribution in [0, 0.1) is 0 Å². The van der Waals surface area contributed by atoms with Gasteiger partial charge < -0.3 is 130 Å². The molecule has 29 nitrogen and oxygen atoms in total. The monoisotopic (exact) mass is 951 g/mol. The van der Waals surface area contributed by atoms with Crippen molar-refractivity contribution in [1.82, 2.24) is 16.0 Å². The zero-order valence-corrected chi connectivity index (χ0v) is 35.1. The molecule has 0 spiro atoms.